The molecule has 0 spiro atoms. The average Bonchev–Trinajstić information content (AvgIpc) is 1.56. The summed E-state index contributed by atoms with van der Waals surface area (Å²) in [6, 6.07) is -5.07. The van der Waals surface area contributed by atoms with Crippen molar-refractivity contribution < 1.29 is 25.3 Å². The summed E-state index contributed by atoms with van der Waals surface area (Å²) < 4.78 is 70.1. The number of nitrogens with zero attached hydrogens (tertiary/aromatic N) is 1. The molecule has 0 aromatic carbocycles. The highest BCUT2D eigenvalue weighted by atomic mass is 79.9. The van der Waals surface area contributed by atoms with Crippen LogP contribution < -0.4 is 0 Å². The van der Waals surface area contributed by atoms with E-state index < -0.39 is 22.3 Å². The Morgan fingerprint density at radius 3 is 1.55 bits per heavy atom. The Labute approximate surface area is 68.6 Å². The molecule has 0 heterocycles. The van der Waals surface area contributed by atoms with Crippen LogP contribution in [-0.2, 0) is 11.5 Å². The smallest absolute Gasteiger partial charge is 0.184 e. The predicted molar refractivity (Wildman–Crippen MR) is 30.8 cm³/mol. The fourth-order valence-corrected chi connectivity index (χ4v) is 0.632. The van der Waals surface area contributed by atoms with Crippen LogP contribution >= 0.6 is 15.9 Å². The lowest BCUT2D eigenvalue weighted by Gasteiger charge is -2.14. The monoisotopic (exact) mass is 263 g/mol. The van der Waals surface area contributed by atoms with Gasteiger partial charge in [-0.3, -0.25) is 0 Å². The summed E-state index contributed by atoms with van der Waals surface area (Å²) in [6.45, 7) is 0. The third-order valence-electron chi connectivity index (χ3n) is 0.525. The van der Waals surface area contributed by atoms with E-state index in [9.17, 15) is 25.3 Å². The van der Waals surface area contributed by atoms with Crippen LogP contribution in [0.15, 0.2) is 4.36 Å². The first-order chi connectivity index (χ1) is 4.67. The topological polar surface area (TPSA) is 12.4 Å². The number of halogens is 7. The molecule has 0 saturated heterocycles. The van der Waals surface area contributed by atoms with E-state index in [-0.39, 0.29) is 0 Å². The van der Waals surface area contributed by atoms with Crippen molar-refractivity contribution in [2.45, 2.75) is 10.9 Å². The van der Waals surface area contributed by atoms with Gasteiger partial charge in [-0.05, 0) is 15.9 Å². The van der Waals surface area contributed by atoms with E-state index in [1.54, 1.807) is 0 Å². The molecule has 0 amide bonds. The van der Waals surface area contributed by atoms with E-state index in [1.165, 1.54) is 20.3 Å². The van der Waals surface area contributed by atoms with Gasteiger partial charge in [0.05, 0.1) is 0 Å². The van der Waals surface area contributed by atoms with Crippen molar-refractivity contribution in [3.63, 3.8) is 0 Å². The third kappa shape index (κ3) is 3.41. The predicted octanol–water partition coefficient (Wildman–Crippen LogP) is 3.14. The number of alkyl halides is 5. The molecule has 1 nitrogen and oxygen atoms in total. The highest BCUT2D eigenvalue weighted by Gasteiger charge is 2.55. The van der Waals surface area contributed by atoms with Crippen molar-refractivity contribution in [2.75, 3.05) is 0 Å². The van der Waals surface area contributed by atoms with E-state index in [0.717, 1.165) is 0 Å². The molecule has 0 aliphatic heterocycles. The van der Waals surface area contributed by atoms with Crippen LogP contribution in [0.5, 0.6) is 0 Å². The lowest BCUT2D eigenvalue weighted by Crippen LogP contribution is -2.32. The van der Waals surface area contributed by atoms with Gasteiger partial charge in [0.1, 0.15) is 0 Å². The van der Waals surface area contributed by atoms with E-state index in [1.807, 2.05) is 0 Å². The molecule has 0 saturated carbocycles. The van der Waals surface area contributed by atoms with E-state index >= 15 is 0 Å². The molecule has 9 heteroatoms. The van der Waals surface area contributed by atoms with Gasteiger partial charge in [-0.1, -0.05) is 0 Å². The Balaban J connectivity index is 4.61. The Morgan fingerprint density at radius 1 is 1.09 bits per heavy atom. The van der Waals surface area contributed by atoms with Crippen LogP contribution in [0, 0.1) is 0 Å². The van der Waals surface area contributed by atoms with Crippen molar-refractivity contribution in [3.05, 3.63) is 0 Å². The first-order valence-corrected chi connectivity index (χ1v) is 3.69. The maximum atomic E-state index is 11.7. The summed E-state index contributed by atoms with van der Waals surface area (Å²) in [7, 11) is 0. The lowest BCUT2D eigenvalue weighted by atomic mass is 10.6. The zero-order valence-corrected chi connectivity index (χ0v) is 6.90. The molecule has 0 aromatic heterocycles. The van der Waals surface area contributed by atoms with Crippen molar-refractivity contribution >= 4 is 27.4 Å². The fourth-order valence-electron chi connectivity index (χ4n) is 0.138. The molecule has 0 aliphatic rings. The van der Waals surface area contributed by atoms with Crippen LogP contribution in [-0.4, -0.2) is 10.9 Å². The van der Waals surface area contributed by atoms with E-state index in [4.69, 9.17) is 0 Å². The van der Waals surface area contributed by atoms with Gasteiger partial charge in [0, 0.05) is 0 Å². The first kappa shape index (κ1) is 11.2. The Morgan fingerprint density at radius 2 is 1.45 bits per heavy atom. The Bertz CT molecular complexity index is 170. The van der Waals surface area contributed by atoms with E-state index in [0.29, 0.717) is 0 Å². The van der Waals surface area contributed by atoms with Crippen molar-refractivity contribution in [1.82, 2.24) is 0 Å². The van der Waals surface area contributed by atoms with Gasteiger partial charge in [-0.25, -0.2) is 0 Å². The SMILES string of the molecule is FS(F)=NC(F)(F)C(F)(F)Br. The molecule has 0 bridgehead atoms. The maximum absolute atomic E-state index is 11.7. The van der Waals surface area contributed by atoms with Crippen LogP contribution in [0.3, 0.4) is 0 Å². The van der Waals surface area contributed by atoms with Crippen LogP contribution in [0.4, 0.5) is 25.3 Å². The second-order valence-corrected chi connectivity index (χ2v) is 2.90. The third-order valence-corrected chi connectivity index (χ3v) is 1.37. The van der Waals surface area contributed by atoms with Crippen molar-refractivity contribution in [1.29, 1.82) is 0 Å². The highest BCUT2D eigenvalue weighted by molar-refractivity contribution is 9.10. The van der Waals surface area contributed by atoms with E-state index in [2.05, 4.69) is 0 Å². The molecule has 0 aromatic rings. The van der Waals surface area contributed by atoms with Crippen molar-refractivity contribution in [2.24, 2.45) is 4.36 Å². The van der Waals surface area contributed by atoms with Gasteiger partial charge in [-0.15, -0.1) is 12.1 Å². The second-order valence-electron chi connectivity index (χ2n) is 1.33. The van der Waals surface area contributed by atoms with Gasteiger partial charge in [-0.2, -0.15) is 17.6 Å². The maximum Gasteiger partial charge on any atom is 0.424 e. The molecular formula is C2BrF6NS. The molecule has 0 unspecified atom stereocenters. The molecule has 0 N–H and O–H groups in total. The minimum atomic E-state index is -5.07. The number of hydrogen-bond donors (Lipinski definition) is 0. The number of hydrogen-bond acceptors (Lipinski definition) is 1. The van der Waals surface area contributed by atoms with Crippen LogP contribution in [0.2, 0.25) is 0 Å². The van der Waals surface area contributed by atoms with Gasteiger partial charge >= 0.3 is 10.9 Å². The summed E-state index contributed by atoms with van der Waals surface area (Å²) >= 11 is -2.84. The molecule has 68 valence electrons. The van der Waals surface area contributed by atoms with Gasteiger partial charge in [0.2, 0.25) is 0 Å². The minimum absolute atomic E-state index is 1.22. The zero-order chi connectivity index (χ0) is 9.28. The standard InChI is InChI=1S/C2BrF6NS/c3-1(4,5)2(6,7)10-11(8)9. The quantitative estimate of drug-likeness (QED) is 0.412. The van der Waals surface area contributed by atoms with Gasteiger partial charge in [0.15, 0.2) is 0 Å². The fraction of sp³-hybridized carbons (Fsp3) is 1.00. The molecular weight excluding hydrogens is 264 g/mol. The molecule has 0 fully saturated rings. The largest absolute Gasteiger partial charge is 0.424 e. The minimum Gasteiger partial charge on any atom is -0.184 e. The summed E-state index contributed by atoms with van der Waals surface area (Å²) in [6.07, 6.45) is 0. The highest BCUT2D eigenvalue weighted by Crippen LogP contribution is 2.40. The van der Waals surface area contributed by atoms with Crippen LogP contribution in [0.25, 0.3) is 0 Å². The molecule has 0 radical (unpaired) electrons. The Hall–Kier alpha value is 0.210. The molecule has 0 atom stereocenters. The molecule has 11 heavy (non-hydrogen) atoms. The lowest BCUT2D eigenvalue weighted by molar-refractivity contribution is -0.138. The normalized spacial score (nSPS) is 13.8. The number of rotatable bonds is 2. The first-order valence-electron chi connectivity index (χ1n) is 1.91. The van der Waals surface area contributed by atoms with Crippen molar-refractivity contribution in [3.8, 4) is 0 Å². The summed E-state index contributed by atoms with van der Waals surface area (Å²) in [5, 5.41) is 0. The summed E-state index contributed by atoms with van der Waals surface area (Å²) in [5.74, 6) is 0. The Kier molecular flexibility index (Phi) is 3.36. The average molecular weight is 264 g/mol. The second kappa shape index (κ2) is 3.30. The van der Waals surface area contributed by atoms with Crippen LogP contribution in [0.1, 0.15) is 0 Å². The van der Waals surface area contributed by atoms with Gasteiger partial charge in [0.25, 0.3) is 11.5 Å². The summed E-state index contributed by atoms with van der Waals surface area (Å²) in [4.78, 5) is -4.73. The summed E-state index contributed by atoms with van der Waals surface area (Å²) in [5.41, 5.74) is 0. The van der Waals surface area contributed by atoms with Gasteiger partial charge < -0.3 is 0 Å². The molecule has 0 rings (SSSR count). The zero-order valence-electron chi connectivity index (χ0n) is 4.50. The molecule has 0 aliphatic carbocycles.